The maximum absolute atomic E-state index is 11.0. The van der Waals surface area contributed by atoms with E-state index in [4.69, 9.17) is 14.6 Å². The van der Waals surface area contributed by atoms with Crippen LogP contribution < -0.4 is 5.32 Å². The molecule has 112 valence electrons. The summed E-state index contributed by atoms with van der Waals surface area (Å²) in [5.74, 6) is -0.127. The number of carbonyl (C=O) groups excluding carboxylic acids is 1. The van der Waals surface area contributed by atoms with E-state index in [1.807, 2.05) is 0 Å². The van der Waals surface area contributed by atoms with Crippen molar-refractivity contribution in [1.82, 2.24) is 5.32 Å². The zero-order chi connectivity index (χ0) is 14.4. The summed E-state index contributed by atoms with van der Waals surface area (Å²) in [4.78, 5) is 11.0. The molecule has 1 amide bonds. The Morgan fingerprint density at radius 3 is 2.53 bits per heavy atom. The molecular formula is C11H21NO7. The third kappa shape index (κ3) is 4.37. The summed E-state index contributed by atoms with van der Waals surface area (Å²) in [6.45, 7) is 1.53. The number of hydrogen-bond donors (Lipinski definition) is 5. The highest BCUT2D eigenvalue weighted by Gasteiger charge is 2.43. The second kappa shape index (κ2) is 7.73. The van der Waals surface area contributed by atoms with Gasteiger partial charge in [-0.25, -0.2) is 0 Å². The molecule has 5 N–H and O–H groups in total. The Balaban J connectivity index is 2.37. The fraction of sp³-hybridized carbons (Fsp3) is 0.909. The maximum Gasteiger partial charge on any atom is 0.219 e. The molecule has 5 unspecified atom stereocenters. The second-order valence-corrected chi connectivity index (χ2v) is 4.27. The quantitative estimate of drug-likeness (QED) is 0.335. The van der Waals surface area contributed by atoms with Gasteiger partial charge in [0, 0.05) is 13.0 Å². The summed E-state index contributed by atoms with van der Waals surface area (Å²) in [5.41, 5.74) is 0. The maximum atomic E-state index is 11.0. The van der Waals surface area contributed by atoms with Gasteiger partial charge in [0.1, 0.15) is 24.4 Å². The lowest BCUT2D eigenvalue weighted by Crippen LogP contribution is -2.59. The van der Waals surface area contributed by atoms with Gasteiger partial charge >= 0.3 is 0 Å². The number of amides is 1. The van der Waals surface area contributed by atoms with Crippen molar-refractivity contribution in [1.29, 1.82) is 0 Å². The monoisotopic (exact) mass is 279 g/mol. The molecule has 0 aromatic rings. The van der Waals surface area contributed by atoms with Gasteiger partial charge in [-0.05, 0) is 0 Å². The molecule has 19 heavy (non-hydrogen) atoms. The van der Waals surface area contributed by atoms with Gasteiger partial charge in [0.2, 0.25) is 5.91 Å². The van der Waals surface area contributed by atoms with Crippen LogP contribution in [0.1, 0.15) is 13.3 Å². The van der Waals surface area contributed by atoms with Gasteiger partial charge in [-0.15, -0.1) is 0 Å². The van der Waals surface area contributed by atoms with E-state index < -0.39 is 37.3 Å². The fourth-order valence-electron chi connectivity index (χ4n) is 1.70. The minimum Gasteiger partial charge on any atom is -0.394 e. The Bertz CT molecular complexity index is 286. The standard InChI is InChI=1S/C11H21NO7/c1-2-7(14)12-3-4-18-11-10(17)9(16)8(15)6(5-13)19-11/h6,8-11,13,15-17H,2-5H2,1H3,(H,12,14). The Kier molecular flexibility index (Phi) is 6.63. The number of aliphatic hydroxyl groups is 4. The summed E-state index contributed by atoms with van der Waals surface area (Å²) in [7, 11) is 0. The van der Waals surface area contributed by atoms with Crippen molar-refractivity contribution in [2.45, 2.75) is 44.1 Å². The average Bonchev–Trinajstić information content (AvgIpc) is 2.42. The largest absolute Gasteiger partial charge is 0.394 e. The molecule has 0 radical (unpaired) electrons. The molecule has 0 aliphatic carbocycles. The Morgan fingerprint density at radius 2 is 1.95 bits per heavy atom. The van der Waals surface area contributed by atoms with E-state index in [1.54, 1.807) is 6.92 Å². The number of hydrogen-bond acceptors (Lipinski definition) is 7. The topological polar surface area (TPSA) is 128 Å². The van der Waals surface area contributed by atoms with E-state index in [-0.39, 0.29) is 19.1 Å². The third-order valence-corrected chi connectivity index (χ3v) is 2.88. The van der Waals surface area contributed by atoms with Crippen LogP contribution in [0.2, 0.25) is 0 Å². The van der Waals surface area contributed by atoms with Crippen LogP contribution in [0.15, 0.2) is 0 Å². The summed E-state index contributed by atoms with van der Waals surface area (Å²) >= 11 is 0. The summed E-state index contributed by atoms with van der Waals surface area (Å²) in [5, 5.41) is 40.2. The van der Waals surface area contributed by atoms with Crippen molar-refractivity contribution in [2.75, 3.05) is 19.8 Å². The van der Waals surface area contributed by atoms with Crippen LogP contribution in [0.3, 0.4) is 0 Å². The van der Waals surface area contributed by atoms with Crippen LogP contribution in [-0.2, 0) is 14.3 Å². The van der Waals surface area contributed by atoms with Crippen LogP contribution >= 0.6 is 0 Å². The molecule has 1 aliphatic heterocycles. The highest BCUT2D eigenvalue weighted by atomic mass is 16.7. The number of nitrogens with one attached hydrogen (secondary N) is 1. The smallest absolute Gasteiger partial charge is 0.219 e. The Morgan fingerprint density at radius 1 is 1.26 bits per heavy atom. The van der Waals surface area contributed by atoms with E-state index >= 15 is 0 Å². The van der Waals surface area contributed by atoms with Crippen LogP contribution in [-0.4, -0.2) is 76.8 Å². The van der Waals surface area contributed by atoms with E-state index in [2.05, 4.69) is 5.32 Å². The van der Waals surface area contributed by atoms with Gasteiger partial charge < -0.3 is 35.2 Å². The molecule has 8 nitrogen and oxygen atoms in total. The third-order valence-electron chi connectivity index (χ3n) is 2.88. The molecular weight excluding hydrogens is 258 g/mol. The first-order chi connectivity index (χ1) is 9.01. The minimum atomic E-state index is -1.46. The highest BCUT2D eigenvalue weighted by Crippen LogP contribution is 2.21. The van der Waals surface area contributed by atoms with Gasteiger partial charge in [0.25, 0.3) is 0 Å². The van der Waals surface area contributed by atoms with Crippen molar-refractivity contribution in [3.63, 3.8) is 0 Å². The molecule has 0 saturated carbocycles. The first-order valence-electron chi connectivity index (χ1n) is 6.20. The lowest BCUT2D eigenvalue weighted by Gasteiger charge is -2.39. The van der Waals surface area contributed by atoms with Crippen LogP contribution in [0.4, 0.5) is 0 Å². The molecule has 0 spiro atoms. The molecule has 1 fully saturated rings. The molecule has 1 aliphatic rings. The van der Waals surface area contributed by atoms with Gasteiger partial charge in [-0.2, -0.15) is 0 Å². The summed E-state index contributed by atoms with van der Waals surface area (Å²) in [6.07, 6.45) is -6.07. The predicted molar refractivity (Wildman–Crippen MR) is 63.0 cm³/mol. The molecule has 1 rings (SSSR count). The zero-order valence-corrected chi connectivity index (χ0v) is 10.7. The molecule has 0 aromatic carbocycles. The normalized spacial score (nSPS) is 35.1. The van der Waals surface area contributed by atoms with Gasteiger partial charge in [-0.1, -0.05) is 6.92 Å². The van der Waals surface area contributed by atoms with E-state index in [1.165, 1.54) is 0 Å². The van der Waals surface area contributed by atoms with Crippen LogP contribution in [0.5, 0.6) is 0 Å². The minimum absolute atomic E-state index is 0.0778. The van der Waals surface area contributed by atoms with E-state index in [0.717, 1.165) is 0 Å². The first-order valence-corrected chi connectivity index (χ1v) is 6.20. The van der Waals surface area contributed by atoms with Crippen molar-refractivity contribution in [3.8, 4) is 0 Å². The lowest BCUT2D eigenvalue weighted by atomic mass is 9.99. The van der Waals surface area contributed by atoms with Gasteiger partial charge in [-0.3, -0.25) is 4.79 Å². The highest BCUT2D eigenvalue weighted by molar-refractivity contribution is 5.75. The molecule has 1 saturated heterocycles. The summed E-state index contributed by atoms with van der Waals surface area (Å²) < 4.78 is 10.3. The van der Waals surface area contributed by atoms with Gasteiger partial charge in [0.15, 0.2) is 6.29 Å². The van der Waals surface area contributed by atoms with Crippen molar-refractivity contribution in [2.24, 2.45) is 0 Å². The van der Waals surface area contributed by atoms with Crippen molar-refractivity contribution < 1.29 is 34.7 Å². The molecule has 0 bridgehead atoms. The fourth-order valence-corrected chi connectivity index (χ4v) is 1.70. The molecule has 5 atom stereocenters. The zero-order valence-electron chi connectivity index (χ0n) is 10.7. The Hall–Kier alpha value is -0.770. The number of ether oxygens (including phenoxy) is 2. The van der Waals surface area contributed by atoms with Crippen molar-refractivity contribution in [3.05, 3.63) is 0 Å². The predicted octanol–water partition coefficient (Wildman–Crippen LogP) is -2.67. The number of carbonyl (C=O) groups is 1. The summed E-state index contributed by atoms with van der Waals surface area (Å²) in [6, 6.07) is 0. The lowest BCUT2D eigenvalue weighted by molar-refractivity contribution is -0.300. The molecule has 0 aromatic heterocycles. The van der Waals surface area contributed by atoms with Crippen molar-refractivity contribution >= 4 is 5.91 Å². The van der Waals surface area contributed by atoms with Crippen LogP contribution in [0.25, 0.3) is 0 Å². The second-order valence-electron chi connectivity index (χ2n) is 4.27. The van der Waals surface area contributed by atoms with E-state index in [0.29, 0.717) is 6.42 Å². The Labute approximate surface area is 110 Å². The number of rotatable bonds is 6. The SMILES string of the molecule is CCC(=O)NCCOC1OC(CO)C(O)C(O)C1O. The number of aliphatic hydroxyl groups excluding tert-OH is 4. The average molecular weight is 279 g/mol. The van der Waals surface area contributed by atoms with Gasteiger partial charge in [0.05, 0.1) is 13.2 Å². The molecule has 8 heteroatoms. The van der Waals surface area contributed by atoms with Crippen LogP contribution in [0, 0.1) is 0 Å². The van der Waals surface area contributed by atoms with E-state index in [9.17, 15) is 20.1 Å². The first kappa shape index (κ1) is 16.3. The molecule has 1 heterocycles.